The Labute approximate surface area is 93.5 Å². The molecule has 0 aromatic heterocycles. The summed E-state index contributed by atoms with van der Waals surface area (Å²) in [6.07, 6.45) is 3.56. The molecule has 0 aliphatic rings. The van der Waals surface area contributed by atoms with E-state index >= 15 is 0 Å². The molecule has 0 saturated heterocycles. The van der Waals surface area contributed by atoms with Crippen LogP contribution >= 0.6 is 0 Å². The van der Waals surface area contributed by atoms with Crippen molar-refractivity contribution in [3.8, 4) is 5.75 Å². The lowest BCUT2D eigenvalue weighted by Gasteiger charge is -2.31. The standard InChI is InChI=1S/C14H22O/c1-5-14(6-2,7-3)12-9-8-10-13(11-12)15-4/h8-11H,5-7H2,1-4H3. The van der Waals surface area contributed by atoms with Gasteiger partial charge in [0.15, 0.2) is 0 Å². The molecule has 1 rings (SSSR count). The molecule has 0 spiro atoms. The number of ether oxygens (including phenoxy) is 1. The second kappa shape index (κ2) is 5.20. The minimum Gasteiger partial charge on any atom is -0.497 e. The Morgan fingerprint density at radius 3 is 2.13 bits per heavy atom. The zero-order chi connectivity index (χ0) is 11.3. The maximum atomic E-state index is 5.28. The van der Waals surface area contributed by atoms with Crippen LogP contribution in [0.25, 0.3) is 0 Å². The molecule has 1 nitrogen and oxygen atoms in total. The van der Waals surface area contributed by atoms with Crippen LogP contribution in [0, 0.1) is 0 Å². The molecule has 0 heterocycles. The Hall–Kier alpha value is -0.980. The quantitative estimate of drug-likeness (QED) is 0.702. The Morgan fingerprint density at radius 1 is 1.07 bits per heavy atom. The lowest BCUT2D eigenvalue weighted by atomic mass is 9.74. The van der Waals surface area contributed by atoms with Gasteiger partial charge in [-0.15, -0.1) is 0 Å². The fourth-order valence-corrected chi connectivity index (χ4v) is 2.32. The molecular weight excluding hydrogens is 184 g/mol. The summed E-state index contributed by atoms with van der Waals surface area (Å²) in [6.45, 7) is 6.81. The van der Waals surface area contributed by atoms with E-state index in [1.54, 1.807) is 7.11 Å². The molecule has 0 aliphatic heterocycles. The fourth-order valence-electron chi connectivity index (χ4n) is 2.32. The Bertz CT molecular complexity index is 292. The number of benzene rings is 1. The van der Waals surface area contributed by atoms with Gasteiger partial charge in [0.25, 0.3) is 0 Å². The molecule has 0 atom stereocenters. The van der Waals surface area contributed by atoms with Gasteiger partial charge in [-0.3, -0.25) is 0 Å². The van der Waals surface area contributed by atoms with Crippen LogP contribution in [0.1, 0.15) is 45.6 Å². The van der Waals surface area contributed by atoms with Crippen LogP contribution in [0.2, 0.25) is 0 Å². The summed E-state index contributed by atoms with van der Waals surface area (Å²) >= 11 is 0. The topological polar surface area (TPSA) is 9.23 Å². The lowest BCUT2D eigenvalue weighted by Crippen LogP contribution is -2.23. The van der Waals surface area contributed by atoms with Crippen LogP contribution in [-0.4, -0.2) is 7.11 Å². The predicted molar refractivity (Wildman–Crippen MR) is 65.5 cm³/mol. The summed E-state index contributed by atoms with van der Waals surface area (Å²) in [5.74, 6) is 0.965. The molecule has 0 bridgehead atoms. The number of rotatable bonds is 5. The first kappa shape index (κ1) is 12.1. The smallest absolute Gasteiger partial charge is 0.119 e. The Kier molecular flexibility index (Phi) is 4.19. The predicted octanol–water partition coefficient (Wildman–Crippen LogP) is 4.16. The first-order chi connectivity index (χ1) is 7.22. The molecule has 0 aliphatic carbocycles. The maximum Gasteiger partial charge on any atom is 0.119 e. The minimum atomic E-state index is 0.328. The van der Waals surface area contributed by atoms with Crippen LogP contribution in [0.4, 0.5) is 0 Å². The highest BCUT2D eigenvalue weighted by Gasteiger charge is 2.26. The maximum absolute atomic E-state index is 5.28. The summed E-state index contributed by atoms with van der Waals surface area (Å²) in [6, 6.07) is 8.49. The van der Waals surface area contributed by atoms with Gasteiger partial charge in [0.05, 0.1) is 7.11 Å². The number of methoxy groups -OCH3 is 1. The Morgan fingerprint density at radius 2 is 1.67 bits per heavy atom. The molecule has 15 heavy (non-hydrogen) atoms. The van der Waals surface area contributed by atoms with Gasteiger partial charge in [0, 0.05) is 0 Å². The second-order valence-corrected chi connectivity index (χ2v) is 4.07. The van der Waals surface area contributed by atoms with Crippen LogP contribution in [0.3, 0.4) is 0 Å². The molecule has 0 radical (unpaired) electrons. The van der Waals surface area contributed by atoms with Gasteiger partial charge >= 0.3 is 0 Å². The number of hydrogen-bond donors (Lipinski definition) is 0. The SMILES string of the molecule is CCC(CC)(CC)c1cccc(OC)c1. The van der Waals surface area contributed by atoms with Crippen molar-refractivity contribution in [1.82, 2.24) is 0 Å². The molecule has 1 heteroatoms. The molecule has 1 aromatic rings. The van der Waals surface area contributed by atoms with Gasteiger partial charge in [0.2, 0.25) is 0 Å². The third kappa shape index (κ3) is 2.34. The van der Waals surface area contributed by atoms with E-state index < -0.39 is 0 Å². The third-order valence-corrected chi connectivity index (χ3v) is 3.71. The number of hydrogen-bond acceptors (Lipinski definition) is 1. The average Bonchev–Trinajstić information content (AvgIpc) is 2.32. The summed E-state index contributed by atoms with van der Waals surface area (Å²) in [5.41, 5.74) is 1.74. The fraction of sp³-hybridized carbons (Fsp3) is 0.571. The van der Waals surface area contributed by atoms with Crippen molar-refractivity contribution in [2.24, 2.45) is 0 Å². The zero-order valence-electron chi connectivity index (χ0n) is 10.3. The second-order valence-electron chi connectivity index (χ2n) is 4.07. The molecule has 0 fully saturated rings. The summed E-state index contributed by atoms with van der Waals surface area (Å²) in [4.78, 5) is 0. The summed E-state index contributed by atoms with van der Waals surface area (Å²) < 4.78 is 5.28. The van der Waals surface area contributed by atoms with Crippen LogP contribution < -0.4 is 4.74 Å². The van der Waals surface area contributed by atoms with Crippen LogP contribution in [-0.2, 0) is 5.41 Å². The van der Waals surface area contributed by atoms with Crippen molar-refractivity contribution in [3.05, 3.63) is 29.8 Å². The average molecular weight is 206 g/mol. The van der Waals surface area contributed by atoms with Crippen molar-refractivity contribution in [1.29, 1.82) is 0 Å². The van der Waals surface area contributed by atoms with Gasteiger partial charge in [-0.25, -0.2) is 0 Å². The van der Waals surface area contributed by atoms with Gasteiger partial charge in [0.1, 0.15) is 5.75 Å². The van der Waals surface area contributed by atoms with Crippen LogP contribution in [0.15, 0.2) is 24.3 Å². The highest BCUT2D eigenvalue weighted by atomic mass is 16.5. The highest BCUT2D eigenvalue weighted by molar-refractivity contribution is 5.33. The summed E-state index contributed by atoms with van der Waals surface area (Å²) in [5, 5.41) is 0. The molecule has 0 saturated carbocycles. The molecule has 1 aromatic carbocycles. The normalized spacial score (nSPS) is 11.5. The third-order valence-electron chi connectivity index (χ3n) is 3.71. The van der Waals surface area contributed by atoms with E-state index in [0.29, 0.717) is 5.41 Å². The van der Waals surface area contributed by atoms with Gasteiger partial charge < -0.3 is 4.74 Å². The van der Waals surface area contributed by atoms with Crippen LogP contribution in [0.5, 0.6) is 5.75 Å². The lowest BCUT2D eigenvalue weighted by molar-refractivity contribution is 0.375. The first-order valence-electron chi connectivity index (χ1n) is 5.87. The first-order valence-corrected chi connectivity index (χ1v) is 5.87. The van der Waals surface area contributed by atoms with E-state index in [1.807, 2.05) is 6.07 Å². The van der Waals surface area contributed by atoms with Gasteiger partial charge in [-0.05, 0) is 42.4 Å². The monoisotopic (exact) mass is 206 g/mol. The molecule has 84 valence electrons. The van der Waals surface area contributed by atoms with E-state index in [0.717, 1.165) is 5.75 Å². The summed E-state index contributed by atoms with van der Waals surface area (Å²) in [7, 11) is 1.73. The molecule has 0 N–H and O–H groups in total. The van der Waals surface area contributed by atoms with E-state index in [4.69, 9.17) is 4.74 Å². The van der Waals surface area contributed by atoms with Crippen molar-refractivity contribution < 1.29 is 4.74 Å². The van der Waals surface area contributed by atoms with Crippen molar-refractivity contribution in [2.75, 3.05) is 7.11 Å². The zero-order valence-corrected chi connectivity index (χ0v) is 10.3. The Balaban J connectivity index is 3.10. The van der Waals surface area contributed by atoms with Gasteiger partial charge in [-0.1, -0.05) is 32.9 Å². The molecule has 0 unspecified atom stereocenters. The molecule has 0 amide bonds. The van der Waals surface area contributed by atoms with Crippen molar-refractivity contribution in [2.45, 2.75) is 45.4 Å². The highest BCUT2D eigenvalue weighted by Crippen LogP contribution is 2.36. The van der Waals surface area contributed by atoms with Crippen molar-refractivity contribution >= 4 is 0 Å². The van der Waals surface area contributed by atoms with E-state index in [9.17, 15) is 0 Å². The molecular formula is C14H22O. The van der Waals surface area contributed by atoms with Gasteiger partial charge in [-0.2, -0.15) is 0 Å². The van der Waals surface area contributed by atoms with E-state index in [1.165, 1.54) is 24.8 Å². The van der Waals surface area contributed by atoms with Crippen molar-refractivity contribution in [3.63, 3.8) is 0 Å². The minimum absolute atomic E-state index is 0.328. The van der Waals surface area contributed by atoms with E-state index in [-0.39, 0.29) is 0 Å². The largest absolute Gasteiger partial charge is 0.497 e. The van der Waals surface area contributed by atoms with E-state index in [2.05, 4.69) is 39.0 Å².